The number of nitrogens with two attached hydrogens (primary N) is 1. The summed E-state index contributed by atoms with van der Waals surface area (Å²) in [6, 6.07) is 10.8. The summed E-state index contributed by atoms with van der Waals surface area (Å²) in [5.74, 6) is 0. The van der Waals surface area contributed by atoms with Gasteiger partial charge in [0.05, 0.1) is 5.60 Å². The summed E-state index contributed by atoms with van der Waals surface area (Å²) in [6.07, 6.45) is 4.45. The van der Waals surface area contributed by atoms with Gasteiger partial charge in [0.25, 0.3) is 0 Å². The predicted octanol–water partition coefficient (Wildman–Crippen LogP) is 3.15. The first-order chi connectivity index (χ1) is 8.55. The van der Waals surface area contributed by atoms with Crippen molar-refractivity contribution in [1.29, 1.82) is 0 Å². The van der Waals surface area contributed by atoms with E-state index in [4.69, 9.17) is 10.5 Å². The molecule has 1 aliphatic heterocycles. The van der Waals surface area contributed by atoms with Crippen molar-refractivity contribution in [3.05, 3.63) is 35.9 Å². The molecule has 0 spiro atoms. The summed E-state index contributed by atoms with van der Waals surface area (Å²) in [5.41, 5.74) is 7.57. The fourth-order valence-electron chi connectivity index (χ4n) is 3.37. The first-order valence-corrected chi connectivity index (χ1v) is 6.93. The molecule has 2 N–H and O–H groups in total. The van der Waals surface area contributed by atoms with E-state index in [0.29, 0.717) is 5.41 Å². The van der Waals surface area contributed by atoms with Gasteiger partial charge in [0, 0.05) is 6.61 Å². The van der Waals surface area contributed by atoms with E-state index < -0.39 is 0 Å². The molecule has 1 saturated heterocycles. The van der Waals surface area contributed by atoms with Gasteiger partial charge in [0.15, 0.2) is 0 Å². The average molecular weight is 247 g/mol. The first kappa shape index (κ1) is 13.6. The quantitative estimate of drug-likeness (QED) is 0.887. The Balaban J connectivity index is 2.16. The van der Waals surface area contributed by atoms with Gasteiger partial charge in [-0.15, -0.1) is 0 Å². The molecule has 0 radical (unpaired) electrons. The number of benzene rings is 1. The second-order valence-electron chi connectivity index (χ2n) is 6.24. The summed E-state index contributed by atoms with van der Waals surface area (Å²) in [5, 5.41) is 0. The Labute approximate surface area is 111 Å². The lowest BCUT2D eigenvalue weighted by atomic mass is 9.68. The van der Waals surface area contributed by atoms with Crippen LogP contribution in [0.4, 0.5) is 0 Å². The van der Waals surface area contributed by atoms with Crippen molar-refractivity contribution in [2.75, 3.05) is 13.2 Å². The van der Waals surface area contributed by atoms with Crippen molar-refractivity contribution in [2.24, 2.45) is 11.1 Å². The molecule has 1 heterocycles. The molecule has 18 heavy (non-hydrogen) atoms. The zero-order valence-electron chi connectivity index (χ0n) is 11.6. The predicted molar refractivity (Wildman–Crippen MR) is 75.5 cm³/mol. The monoisotopic (exact) mass is 247 g/mol. The molecule has 0 aliphatic carbocycles. The van der Waals surface area contributed by atoms with Crippen molar-refractivity contribution in [3.63, 3.8) is 0 Å². The standard InChI is InChI=1S/C16H25NO/c1-15(2)13-16(8-10-17,9-11-18-15)12-14-6-4-3-5-7-14/h3-7H,8-13,17H2,1-2H3/t16-/m0/s1. The SMILES string of the molecule is CC1(C)C[C@](CCN)(Cc2ccccc2)CCO1. The molecule has 2 nitrogen and oxygen atoms in total. The van der Waals surface area contributed by atoms with Crippen LogP contribution in [0.1, 0.15) is 38.7 Å². The number of ether oxygens (including phenoxy) is 1. The normalized spacial score (nSPS) is 27.1. The summed E-state index contributed by atoms with van der Waals surface area (Å²) in [4.78, 5) is 0. The van der Waals surface area contributed by atoms with Gasteiger partial charge >= 0.3 is 0 Å². The molecule has 2 rings (SSSR count). The van der Waals surface area contributed by atoms with E-state index in [1.807, 2.05) is 0 Å². The van der Waals surface area contributed by atoms with Crippen LogP contribution in [0.15, 0.2) is 30.3 Å². The van der Waals surface area contributed by atoms with E-state index in [2.05, 4.69) is 44.2 Å². The minimum absolute atomic E-state index is 0.0117. The zero-order chi connectivity index (χ0) is 13.1. The third-order valence-corrected chi connectivity index (χ3v) is 4.02. The van der Waals surface area contributed by atoms with E-state index in [1.165, 1.54) is 5.56 Å². The minimum Gasteiger partial charge on any atom is -0.376 e. The number of hydrogen-bond donors (Lipinski definition) is 1. The highest BCUT2D eigenvalue weighted by molar-refractivity contribution is 5.17. The molecule has 2 heteroatoms. The van der Waals surface area contributed by atoms with E-state index in [1.54, 1.807) is 0 Å². The molecular formula is C16H25NO. The van der Waals surface area contributed by atoms with Crippen LogP contribution >= 0.6 is 0 Å². The molecule has 1 aromatic rings. The van der Waals surface area contributed by atoms with Gasteiger partial charge < -0.3 is 10.5 Å². The van der Waals surface area contributed by atoms with Crippen LogP contribution in [0.2, 0.25) is 0 Å². The molecule has 1 aromatic carbocycles. The summed E-state index contributed by atoms with van der Waals surface area (Å²) >= 11 is 0. The second kappa shape index (κ2) is 5.41. The third kappa shape index (κ3) is 3.33. The lowest BCUT2D eigenvalue weighted by molar-refractivity contribution is -0.106. The van der Waals surface area contributed by atoms with Gasteiger partial charge in [-0.3, -0.25) is 0 Å². The molecule has 0 unspecified atom stereocenters. The van der Waals surface area contributed by atoms with Crippen LogP contribution in [0.25, 0.3) is 0 Å². The van der Waals surface area contributed by atoms with E-state index in [0.717, 1.165) is 38.8 Å². The van der Waals surface area contributed by atoms with E-state index in [-0.39, 0.29) is 5.60 Å². The van der Waals surface area contributed by atoms with Crippen LogP contribution in [-0.4, -0.2) is 18.8 Å². The maximum atomic E-state index is 5.86. The van der Waals surface area contributed by atoms with Crippen molar-refractivity contribution in [1.82, 2.24) is 0 Å². The van der Waals surface area contributed by atoms with Crippen LogP contribution in [0.3, 0.4) is 0 Å². The highest BCUT2D eigenvalue weighted by Crippen LogP contribution is 2.43. The molecule has 0 aromatic heterocycles. The topological polar surface area (TPSA) is 35.2 Å². The lowest BCUT2D eigenvalue weighted by Gasteiger charge is -2.45. The number of hydrogen-bond acceptors (Lipinski definition) is 2. The van der Waals surface area contributed by atoms with Gasteiger partial charge in [0.2, 0.25) is 0 Å². The van der Waals surface area contributed by atoms with Crippen LogP contribution in [0, 0.1) is 5.41 Å². The van der Waals surface area contributed by atoms with E-state index >= 15 is 0 Å². The summed E-state index contributed by atoms with van der Waals surface area (Å²) in [6.45, 7) is 6.02. The largest absolute Gasteiger partial charge is 0.376 e. The maximum absolute atomic E-state index is 5.86. The Morgan fingerprint density at radius 1 is 1.22 bits per heavy atom. The Bertz CT molecular complexity index is 370. The van der Waals surface area contributed by atoms with Crippen LogP contribution in [-0.2, 0) is 11.2 Å². The van der Waals surface area contributed by atoms with Crippen molar-refractivity contribution in [3.8, 4) is 0 Å². The van der Waals surface area contributed by atoms with Crippen molar-refractivity contribution in [2.45, 2.75) is 45.1 Å². The Hall–Kier alpha value is -0.860. The summed E-state index contributed by atoms with van der Waals surface area (Å²) in [7, 11) is 0. The van der Waals surface area contributed by atoms with Crippen molar-refractivity contribution < 1.29 is 4.74 Å². The molecular weight excluding hydrogens is 222 g/mol. The third-order valence-electron chi connectivity index (χ3n) is 4.02. The minimum atomic E-state index is -0.0117. The maximum Gasteiger partial charge on any atom is 0.0631 e. The van der Waals surface area contributed by atoms with Crippen LogP contribution in [0.5, 0.6) is 0 Å². The van der Waals surface area contributed by atoms with Gasteiger partial charge in [-0.2, -0.15) is 0 Å². The van der Waals surface area contributed by atoms with Crippen LogP contribution < -0.4 is 5.73 Å². The Morgan fingerprint density at radius 3 is 2.56 bits per heavy atom. The molecule has 0 amide bonds. The Morgan fingerprint density at radius 2 is 1.94 bits per heavy atom. The number of rotatable bonds is 4. The fourth-order valence-corrected chi connectivity index (χ4v) is 3.37. The van der Waals surface area contributed by atoms with Crippen molar-refractivity contribution >= 4 is 0 Å². The smallest absolute Gasteiger partial charge is 0.0631 e. The second-order valence-corrected chi connectivity index (χ2v) is 6.24. The highest BCUT2D eigenvalue weighted by Gasteiger charge is 2.40. The fraction of sp³-hybridized carbons (Fsp3) is 0.625. The molecule has 100 valence electrons. The van der Waals surface area contributed by atoms with Gasteiger partial charge in [0.1, 0.15) is 0 Å². The van der Waals surface area contributed by atoms with Gasteiger partial charge in [-0.1, -0.05) is 30.3 Å². The molecule has 0 bridgehead atoms. The zero-order valence-corrected chi connectivity index (χ0v) is 11.6. The van der Waals surface area contributed by atoms with E-state index in [9.17, 15) is 0 Å². The van der Waals surface area contributed by atoms with Gasteiger partial charge in [-0.25, -0.2) is 0 Å². The molecule has 1 aliphatic rings. The first-order valence-electron chi connectivity index (χ1n) is 6.93. The molecule has 0 saturated carbocycles. The molecule has 1 fully saturated rings. The average Bonchev–Trinajstić information content (AvgIpc) is 2.29. The van der Waals surface area contributed by atoms with Gasteiger partial charge in [-0.05, 0) is 57.1 Å². The summed E-state index contributed by atoms with van der Waals surface area (Å²) < 4.78 is 5.86. The Kier molecular flexibility index (Phi) is 4.08. The lowest BCUT2D eigenvalue weighted by Crippen LogP contribution is -2.43. The molecule has 1 atom stereocenters. The highest BCUT2D eigenvalue weighted by atomic mass is 16.5.